The van der Waals surface area contributed by atoms with E-state index in [0.717, 1.165) is 26.4 Å². The Hall–Kier alpha value is -4.89. The highest BCUT2D eigenvalue weighted by atomic mass is 32.1. The van der Waals surface area contributed by atoms with Crippen molar-refractivity contribution in [2.45, 2.75) is 40.3 Å². The Morgan fingerprint density at radius 3 is 2.30 bits per heavy atom. The third-order valence-corrected chi connectivity index (χ3v) is 8.24. The minimum atomic E-state index is -0.521. The lowest BCUT2D eigenvalue weighted by Crippen LogP contribution is -2.27. The summed E-state index contributed by atoms with van der Waals surface area (Å²) in [6, 6.07) is 26.1. The van der Waals surface area contributed by atoms with Gasteiger partial charge in [-0.2, -0.15) is 0 Å². The predicted molar refractivity (Wildman–Crippen MR) is 166 cm³/mol. The van der Waals surface area contributed by atoms with Gasteiger partial charge in [0.2, 0.25) is 11.8 Å². The Bertz CT molecular complexity index is 1950. The molecule has 0 radical (unpaired) electrons. The largest absolute Gasteiger partial charge is 0.485 e. The summed E-state index contributed by atoms with van der Waals surface area (Å²) in [4.78, 5) is 21.0. The number of para-hydroxylation sites is 1. The minimum Gasteiger partial charge on any atom is -0.485 e. The zero-order valence-corrected chi connectivity index (χ0v) is 24.8. The minimum absolute atomic E-state index is 0.0554. The van der Waals surface area contributed by atoms with E-state index in [2.05, 4.69) is 10.2 Å². The van der Waals surface area contributed by atoms with Gasteiger partial charge >= 0.3 is 0 Å². The maximum atomic E-state index is 15.3. The SMILES string of the molecule is Cc1nnc(-c2cc(-c3c(C)nc(-c4cccc(F)c4OCc4ccccc4)n(CCc4ccccc4)c3=O)sc2C)o1. The average Bonchev–Trinajstić information content (AvgIpc) is 3.61. The molecule has 0 aliphatic heterocycles. The van der Waals surface area contributed by atoms with Crippen molar-refractivity contribution in [3.63, 3.8) is 0 Å². The Kier molecular flexibility index (Phi) is 7.98. The molecule has 0 aliphatic carbocycles. The predicted octanol–water partition coefficient (Wildman–Crippen LogP) is 7.57. The van der Waals surface area contributed by atoms with E-state index < -0.39 is 5.82 Å². The molecule has 0 bridgehead atoms. The first-order chi connectivity index (χ1) is 20.9. The van der Waals surface area contributed by atoms with Crippen LogP contribution in [0.5, 0.6) is 5.75 Å². The highest BCUT2D eigenvalue weighted by molar-refractivity contribution is 7.16. The van der Waals surface area contributed by atoms with E-state index in [-0.39, 0.29) is 17.9 Å². The monoisotopic (exact) mass is 592 g/mol. The second-order valence-corrected chi connectivity index (χ2v) is 11.4. The van der Waals surface area contributed by atoms with Gasteiger partial charge in [0, 0.05) is 23.2 Å². The topological polar surface area (TPSA) is 83.0 Å². The summed E-state index contributed by atoms with van der Waals surface area (Å²) < 4.78 is 28.7. The van der Waals surface area contributed by atoms with Crippen LogP contribution in [0.25, 0.3) is 33.3 Å². The van der Waals surface area contributed by atoms with Gasteiger partial charge in [-0.1, -0.05) is 66.7 Å². The lowest BCUT2D eigenvalue weighted by molar-refractivity contribution is 0.291. The molecule has 3 heterocycles. The van der Waals surface area contributed by atoms with Crippen molar-refractivity contribution in [1.29, 1.82) is 0 Å². The fourth-order valence-corrected chi connectivity index (χ4v) is 6.13. The molecule has 0 spiro atoms. The van der Waals surface area contributed by atoms with Crippen molar-refractivity contribution >= 4 is 11.3 Å². The quantitative estimate of drug-likeness (QED) is 0.172. The molecule has 3 aromatic heterocycles. The molecular weight excluding hydrogens is 563 g/mol. The first-order valence-electron chi connectivity index (χ1n) is 13.9. The molecule has 0 saturated heterocycles. The van der Waals surface area contributed by atoms with E-state index in [1.165, 1.54) is 17.4 Å². The number of thiophene rings is 1. The van der Waals surface area contributed by atoms with E-state index in [1.807, 2.05) is 73.7 Å². The Morgan fingerprint density at radius 2 is 1.60 bits per heavy atom. The van der Waals surface area contributed by atoms with Crippen LogP contribution in [0.15, 0.2) is 94.1 Å². The number of ether oxygens (including phenoxy) is 1. The summed E-state index contributed by atoms with van der Waals surface area (Å²) in [5, 5.41) is 8.11. The summed E-state index contributed by atoms with van der Waals surface area (Å²) in [7, 11) is 0. The van der Waals surface area contributed by atoms with Crippen molar-refractivity contribution in [2.75, 3.05) is 0 Å². The first-order valence-corrected chi connectivity index (χ1v) is 14.7. The molecule has 0 fully saturated rings. The standard InChI is InChI=1S/C34H29FN4O3S/c1-21-30(29-19-27(22(2)43-29)33-38-37-23(3)42-33)34(40)39(18-17-24-11-6-4-7-12-24)32(36-21)26-15-10-16-28(35)31(26)41-20-25-13-8-5-9-14-25/h4-16,19H,17-18,20H2,1-3H3. The number of hydrogen-bond acceptors (Lipinski definition) is 7. The lowest BCUT2D eigenvalue weighted by atomic mass is 10.1. The van der Waals surface area contributed by atoms with E-state index in [1.54, 1.807) is 30.5 Å². The van der Waals surface area contributed by atoms with Gasteiger partial charge in [-0.3, -0.25) is 9.36 Å². The number of hydrogen-bond donors (Lipinski definition) is 0. The van der Waals surface area contributed by atoms with Gasteiger partial charge in [-0.05, 0) is 49.6 Å². The molecule has 0 amide bonds. The third-order valence-electron chi connectivity index (χ3n) is 7.17. The summed E-state index contributed by atoms with van der Waals surface area (Å²) in [5.74, 6) is 0.759. The van der Waals surface area contributed by atoms with Crippen LogP contribution in [-0.4, -0.2) is 19.7 Å². The molecule has 216 valence electrons. The van der Waals surface area contributed by atoms with Crippen LogP contribution in [0, 0.1) is 26.6 Å². The van der Waals surface area contributed by atoms with Crippen molar-refractivity contribution in [3.8, 4) is 39.0 Å². The smallest absolute Gasteiger partial charge is 0.262 e. The van der Waals surface area contributed by atoms with Crippen molar-refractivity contribution in [3.05, 3.63) is 129 Å². The summed E-state index contributed by atoms with van der Waals surface area (Å²) in [6.07, 6.45) is 0.587. The van der Waals surface area contributed by atoms with Gasteiger partial charge in [0.1, 0.15) is 12.4 Å². The zero-order chi connectivity index (χ0) is 29.9. The third kappa shape index (κ3) is 5.89. The van der Waals surface area contributed by atoms with E-state index in [4.69, 9.17) is 14.1 Å². The van der Waals surface area contributed by atoms with E-state index in [9.17, 15) is 4.79 Å². The second-order valence-electron chi connectivity index (χ2n) is 10.2. The van der Waals surface area contributed by atoms with Crippen LogP contribution in [0.4, 0.5) is 4.39 Å². The number of halogens is 1. The number of rotatable bonds is 9. The molecule has 43 heavy (non-hydrogen) atoms. The van der Waals surface area contributed by atoms with Crippen molar-refractivity contribution < 1.29 is 13.5 Å². The normalized spacial score (nSPS) is 11.2. The molecule has 0 atom stereocenters. The van der Waals surface area contributed by atoms with Gasteiger partial charge in [0.15, 0.2) is 11.6 Å². The first kappa shape index (κ1) is 28.2. The number of aryl methyl sites for hydroxylation is 4. The van der Waals surface area contributed by atoms with Crippen LogP contribution in [-0.2, 0) is 19.6 Å². The second kappa shape index (κ2) is 12.1. The van der Waals surface area contributed by atoms with Crippen LogP contribution in [0.1, 0.15) is 27.6 Å². The maximum Gasteiger partial charge on any atom is 0.262 e. The molecule has 7 nitrogen and oxygen atoms in total. The molecule has 6 rings (SSSR count). The molecule has 0 N–H and O–H groups in total. The average molecular weight is 593 g/mol. The van der Waals surface area contributed by atoms with Gasteiger partial charge in [0.05, 0.1) is 22.4 Å². The molecule has 6 aromatic rings. The van der Waals surface area contributed by atoms with Crippen LogP contribution in [0.3, 0.4) is 0 Å². The Balaban J connectivity index is 1.47. The molecular formula is C34H29FN4O3S. The van der Waals surface area contributed by atoms with Crippen LogP contribution < -0.4 is 10.3 Å². The van der Waals surface area contributed by atoms with Crippen molar-refractivity contribution in [1.82, 2.24) is 19.7 Å². The summed E-state index contributed by atoms with van der Waals surface area (Å²) in [6.45, 7) is 6.01. The zero-order valence-electron chi connectivity index (χ0n) is 24.0. The fourth-order valence-electron chi connectivity index (χ4n) is 5.03. The molecule has 0 unspecified atom stereocenters. The van der Waals surface area contributed by atoms with Crippen molar-refractivity contribution in [2.24, 2.45) is 0 Å². The summed E-state index contributed by atoms with van der Waals surface area (Å²) in [5.41, 5.74) is 3.97. The highest BCUT2D eigenvalue weighted by Crippen LogP contribution is 2.38. The number of aromatic nitrogens is 4. The number of nitrogens with zero attached hydrogens (tertiary/aromatic N) is 4. The molecule has 3 aromatic carbocycles. The maximum absolute atomic E-state index is 15.3. The van der Waals surface area contributed by atoms with Crippen LogP contribution >= 0.6 is 11.3 Å². The molecule has 9 heteroatoms. The van der Waals surface area contributed by atoms with E-state index >= 15 is 4.39 Å². The molecule has 0 saturated carbocycles. The lowest BCUT2D eigenvalue weighted by Gasteiger charge is -2.18. The van der Waals surface area contributed by atoms with Gasteiger partial charge in [-0.15, -0.1) is 21.5 Å². The molecule has 0 aliphatic rings. The Morgan fingerprint density at radius 1 is 0.884 bits per heavy atom. The Labute approximate surface area is 252 Å². The number of benzene rings is 3. The van der Waals surface area contributed by atoms with Gasteiger partial charge in [0.25, 0.3) is 5.56 Å². The van der Waals surface area contributed by atoms with Gasteiger partial charge < -0.3 is 9.15 Å². The van der Waals surface area contributed by atoms with E-state index in [0.29, 0.717) is 47.4 Å². The highest BCUT2D eigenvalue weighted by Gasteiger charge is 2.24. The fraction of sp³-hybridized carbons (Fsp3) is 0.176. The summed E-state index contributed by atoms with van der Waals surface area (Å²) >= 11 is 1.47. The van der Waals surface area contributed by atoms with Gasteiger partial charge in [-0.25, -0.2) is 9.37 Å². The van der Waals surface area contributed by atoms with Crippen LogP contribution in [0.2, 0.25) is 0 Å².